The Labute approximate surface area is 140 Å². The van der Waals surface area contributed by atoms with E-state index < -0.39 is 22.0 Å². The van der Waals surface area contributed by atoms with E-state index in [9.17, 15) is 9.00 Å². The van der Waals surface area contributed by atoms with E-state index in [0.29, 0.717) is 27.2 Å². The molecular weight excluding hydrogens is 347 g/mol. The summed E-state index contributed by atoms with van der Waals surface area (Å²) >= 11 is 11.9. The van der Waals surface area contributed by atoms with Crippen molar-refractivity contribution in [1.82, 2.24) is 5.16 Å². The molecule has 0 saturated carbocycles. The first-order valence-electron chi connectivity index (χ1n) is 6.42. The molecule has 1 aromatic carbocycles. The van der Waals surface area contributed by atoms with Gasteiger partial charge in [-0.15, -0.1) is 0 Å². The van der Waals surface area contributed by atoms with Crippen LogP contribution in [-0.4, -0.2) is 20.5 Å². The largest absolute Gasteiger partial charge is 0.360 e. The molecule has 1 aromatic heterocycles. The number of hydrogen-bond acceptors (Lipinski definition) is 4. The SMILES string of the molecule is Cc1cc(NC(=O)[C@H](C)[S@](=O)Cc2ccc(Cl)cc2Cl)no1. The highest BCUT2D eigenvalue weighted by molar-refractivity contribution is 7.85. The number of aromatic nitrogens is 1. The fraction of sp³-hybridized carbons (Fsp3) is 0.286. The Balaban J connectivity index is 2.00. The van der Waals surface area contributed by atoms with Crippen LogP contribution in [0.25, 0.3) is 0 Å². The van der Waals surface area contributed by atoms with Crippen LogP contribution in [-0.2, 0) is 21.3 Å². The van der Waals surface area contributed by atoms with Gasteiger partial charge >= 0.3 is 0 Å². The van der Waals surface area contributed by atoms with Crippen molar-refractivity contribution >= 4 is 45.7 Å². The van der Waals surface area contributed by atoms with Crippen LogP contribution in [0.5, 0.6) is 0 Å². The number of anilines is 1. The van der Waals surface area contributed by atoms with Gasteiger partial charge in [0.2, 0.25) is 5.91 Å². The highest BCUT2D eigenvalue weighted by atomic mass is 35.5. The van der Waals surface area contributed by atoms with Crippen molar-refractivity contribution < 1.29 is 13.5 Å². The molecule has 0 radical (unpaired) electrons. The number of nitrogens with one attached hydrogen (secondary N) is 1. The van der Waals surface area contributed by atoms with Crippen molar-refractivity contribution in [3.63, 3.8) is 0 Å². The van der Waals surface area contributed by atoms with Gasteiger partial charge in [0.1, 0.15) is 11.0 Å². The second kappa shape index (κ2) is 7.26. The number of benzene rings is 1. The van der Waals surface area contributed by atoms with Crippen LogP contribution in [0.1, 0.15) is 18.2 Å². The van der Waals surface area contributed by atoms with Gasteiger partial charge in [-0.1, -0.05) is 34.4 Å². The zero-order chi connectivity index (χ0) is 16.3. The summed E-state index contributed by atoms with van der Waals surface area (Å²) in [6.07, 6.45) is 0. The molecule has 5 nitrogen and oxygen atoms in total. The number of halogens is 2. The Morgan fingerprint density at radius 1 is 1.41 bits per heavy atom. The maximum atomic E-state index is 12.3. The van der Waals surface area contributed by atoms with Crippen molar-refractivity contribution in [3.05, 3.63) is 45.6 Å². The predicted octanol–water partition coefficient (Wildman–Crippen LogP) is 3.57. The van der Waals surface area contributed by atoms with Gasteiger partial charge in [-0.3, -0.25) is 9.00 Å². The molecule has 0 aliphatic rings. The van der Waals surface area contributed by atoms with E-state index in [1.165, 1.54) is 0 Å². The normalized spacial score (nSPS) is 13.6. The van der Waals surface area contributed by atoms with Gasteiger partial charge in [-0.25, -0.2) is 0 Å². The summed E-state index contributed by atoms with van der Waals surface area (Å²) in [4.78, 5) is 12.1. The Morgan fingerprint density at radius 2 is 2.14 bits per heavy atom. The zero-order valence-corrected chi connectivity index (χ0v) is 14.3. The molecule has 0 aliphatic carbocycles. The predicted molar refractivity (Wildman–Crippen MR) is 87.6 cm³/mol. The van der Waals surface area contributed by atoms with Gasteiger partial charge in [0.05, 0.1) is 5.75 Å². The van der Waals surface area contributed by atoms with Crippen LogP contribution < -0.4 is 5.32 Å². The molecule has 1 heterocycles. The molecule has 2 atom stereocenters. The third kappa shape index (κ3) is 4.32. The lowest BCUT2D eigenvalue weighted by Crippen LogP contribution is -2.29. The third-order valence-electron chi connectivity index (χ3n) is 2.96. The van der Waals surface area contributed by atoms with Crippen LogP contribution in [0.4, 0.5) is 5.82 Å². The Morgan fingerprint density at radius 3 is 2.73 bits per heavy atom. The standard InChI is InChI=1S/C14H14Cl2N2O3S/c1-8-5-13(18-21-8)17-14(19)9(2)22(20)7-10-3-4-11(15)6-12(10)16/h3-6,9H,7H2,1-2H3,(H,17,18,19)/t9-,22+/m0/s1. The van der Waals surface area contributed by atoms with Crippen molar-refractivity contribution in [2.24, 2.45) is 0 Å². The second-order valence-corrected chi connectivity index (χ2v) is 7.32. The molecule has 118 valence electrons. The smallest absolute Gasteiger partial charge is 0.241 e. The Hall–Kier alpha value is -1.37. The van der Waals surface area contributed by atoms with Gasteiger partial charge in [-0.2, -0.15) is 0 Å². The van der Waals surface area contributed by atoms with Gasteiger partial charge in [0.15, 0.2) is 5.82 Å². The maximum absolute atomic E-state index is 12.3. The summed E-state index contributed by atoms with van der Waals surface area (Å²) in [7, 11) is -1.43. The summed E-state index contributed by atoms with van der Waals surface area (Å²) in [6.45, 7) is 3.30. The first kappa shape index (κ1) is 17.0. The third-order valence-corrected chi connectivity index (χ3v) is 5.14. The van der Waals surface area contributed by atoms with E-state index >= 15 is 0 Å². The fourth-order valence-corrected chi connectivity index (χ4v) is 3.35. The van der Waals surface area contributed by atoms with Gasteiger partial charge in [0.25, 0.3) is 0 Å². The van der Waals surface area contributed by atoms with E-state index in [2.05, 4.69) is 10.5 Å². The van der Waals surface area contributed by atoms with Crippen molar-refractivity contribution in [2.75, 3.05) is 5.32 Å². The molecular formula is C14H14Cl2N2O3S. The average Bonchev–Trinajstić information content (AvgIpc) is 2.86. The number of nitrogens with zero attached hydrogens (tertiary/aromatic N) is 1. The molecule has 2 aromatic rings. The molecule has 0 spiro atoms. The van der Waals surface area contributed by atoms with E-state index in [1.54, 1.807) is 38.1 Å². The van der Waals surface area contributed by atoms with Crippen molar-refractivity contribution in [3.8, 4) is 0 Å². The Bertz CT molecular complexity index is 718. The molecule has 8 heteroatoms. The Kier molecular flexibility index (Phi) is 5.61. The highest BCUT2D eigenvalue weighted by Gasteiger charge is 2.22. The van der Waals surface area contributed by atoms with Gasteiger partial charge in [-0.05, 0) is 31.5 Å². The second-order valence-electron chi connectivity index (χ2n) is 4.72. The fourth-order valence-electron chi connectivity index (χ4n) is 1.69. The number of amides is 1. The van der Waals surface area contributed by atoms with Crippen LogP contribution >= 0.6 is 23.2 Å². The summed E-state index contributed by atoms with van der Waals surface area (Å²) in [6, 6.07) is 6.54. The summed E-state index contributed by atoms with van der Waals surface area (Å²) in [5.74, 6) is 0.659. The molecule has 22 heavy (non-hydrogen) atoms. The summed E-state index contributed by atoms with van der Waals surface area (Å²) < 4.78 is 17.2. The molecule has 2 rings (SSSR count). The van der Waals surface area contributed by atoms with Crippen molar-refractivity contribution in [1.29, 1.82) is 0 Å². The van der Waals surface area contributed by atoms with Crippen molar-refractivity contribution in [2.45, 2.75) is 24.9 Å². The molecule has 0 aliphatic heterocycles. The number of carbonyl (C=O) groups is 1. The molecule has 0 fully saturated rings. The number of rotatable bonds is 5. The molecule has 0 bridgehead atoms. The van der Waals surface area contributed by atoms with Crippen LogP contribution in [0.3, 0.4) is 0 Å². The molecule has 1 amide bonds. The van der Waals surface area contributed by atoms with Gasteiger partial charge < -0.3 is 9.84 Å². The molecule has 0 unspecified atom stereocenters. The van der Waals surface area contributed by atoms with E-state index in [0.717, 1.165) is 0 Å². The van der Waals surface area contributed by atoms with Crippen LogP contribution in [0.2, 0.25) is 10.0 Å². The number of aryl methyl sites for hydroxylation is 1. The van der Waals surface area contributed by atoms with Crippen LogP contribution in [0.15, 0.2) is 28.8 Å². The van der Waals surface area contributed by atoms with E-state index in [-0.39, 0.29) is 5.75 Å². The topological polar surface area (TPSA) is 72.2 Å². The van der Waals surface area contributed by atoms with Crippen LogP contribution in [0, 0.1) is 6.92 Å². The minimum atomic E-state index is -1.43. The lowest BCUT2D eigenvalue weighted by Gasteiger charge is -2.11. The molecule has 1 N–H and O–H groups in total. The lowest BCUT2D eigenvalue weighted by atomic mass is 10.2. The minimum absolute atomic E-state index is 0.169. The number of carbonyl (C=O) groups excluding carboxylic acids is 1. The average molecular weight is 361 g/mol. The zero-order valence-electron chi connectivity index (χ0n) is 11.9. The number of hydrogen-bond donors (Lipinski definition) is 1. The lowest BCUT2D eigenvalue weighted by molar-refractivity contribution is -0.115. The maximum Gasteiger partial charge on any atom is 0.241 e. The van der Waals surface area contributed by atoms with E-state index in [1.807, 2.05) is 0 Å². The first-order chi connectivity index (χ1) is 10.4. The van der Waals surface area contributed by atoms with E-state index in [4.69, 9.17) is 27.7 Å². The molecule has 0 saturated heterocycles. The monoisotopic (exact) mass is 360 g/mol. The quantitative estimate of drug-likeness (QED) is 0.884. The van der Waals surface area contributed by atoms with Gasteiger partial charge in [0, 0.05) is 26.9 Å². The minimum Gasteiger partial charge on any atom is -0.360 e. The summed E-state index contributed by atoms with van der Waals surface area (Å²) in [5.41, 5.74) is 0.682. The highest BCUT2D eigenvalue weighted by Crippen LogP contribution is 2.23. The summed E-state index contributed by atoms with van der Waals surface area (Å²) in [5, 5.41) is 6.44. The first-order valence-corrected chi connectivity index (χ1v) is 8.56.